The molecule has 0 radical (unpaired) electrons. The average molecular weight is 336 g/mol. The second kappa shape index (κ2) is 5.46. The van der Waals surface area contributed by atoms with Gasteiger partial charge in [-0.25, -0.2) is 0 Å². The predicted octanol–water partition coefficient (Wildman–Crippen LogP) is 4.60. The van der Waals surface area contributed by atoms with Crippen LogP contribution in [0.4, 0.5) is 0 Å². The van der Waals surface area contributed by atoms with Crippen molar-refractivity contribution in [2.24, 2.45) is 5.92 Å². The Labute approximate surface area is 108 Å². The average Bonchev–Trinajstić information content (AvgIpc) is 2.21. The summed E-state index contributed by atoms with van der Waals surface area (Å²) in [6.45, 7) is 6.18. The van der Waals surface area contributed by atoms with Crippen LogP contribution in [0.2, 0.25) is 0 Å². The van der Waals surface area contributed by atoms with E-state index in [0.29, 0.717) is 0 Å². The summed E-state index contributed by atoms with van der Waals surface area (Å²) in [6, 6.07) is 4.03. The van der Waals surface area contributed by atoms with Gasteiger partial charge in [0.25, 0.3) is 0 Å². The normalized spacial score (nSPS) is 15.1. The Morgan fingerprint density at radius 3 is 2.40 bits per heavy atom. The maximum Gasteiger partial charge on any atom is 0.0826 e. The molecule has 1 rings (SSSR count). The molecule has 0 heterocycles. The van der Waals surface area contributed by atoms with Crippen molar-refractivity contribution in [2.75, 3.05) is 0 Å². The first-order chi connectivity index (χ1) is 6.97. The summed E-state index contributed by atoms with van der Waals surface area (Å²) in [5.41, 5.74) is 2.13. The molecule has 0 fully saturated rings. The molecule has 15 heavy (non-hydrogen) atoms. The van der Waals surface area contributed by atoms with Crippen LogP contribution in [0.15, 0.2) is 21.1 Å². The number of rotatable bonds is 3. The molecule has 0 aliphatic heterocycles. The van der Waals surface area contributed by atoms with E-state index in [4.69, 9.17) is 0 Å². The summed E-state index contributed by atoms with van der Waals surface area (Å²) < 4.78 is 2.03. The minimum Gasteiger partial charge on any atom is -0.388 e. The van der Waals surface area contributed by atoms with E-state index in [1.807, 2.05) is 19.1 Å². The fourth-order valence-electron chi connectivity index (χ4n) is 1.42. The molecule has 1 aromatic rings. The van der Waals surface area contributed by atoms with E-state index in [-0.39, 0.29) is 5.92 Å². The van der Waals surface area contributed by atoms with Crippen molar-refractivity contribution in [3.8, 4) is 0 Å². The molecule has 84 valence electrons. The third-order valence-electron chi connectivity index (χ3n) is 2.78. The quantitative estimate of drug-likeness (QED) is 0.855. The maximum absolute atomic E-state index is 10.1. The Bertz CT molecular complexity index is 350. The predicted molar refractivity (Wildman–Crippen MR) is 71.0 cm³/mol. The van der Waals surface area contributed by atoms with Gasteiger partial charge in [-0.1, -0.05) is 52.1 Å². The largest absolute Gasteiger partial charge is 0.388 e. The monoisotopic (exact) mass is 334 g/mol. The Morgan fingerprint density at radius 1 is 1.27 bits per heavy atom. The Kier molecular flexibility index (Phi) is 4.81. The van der Waals surface area contributed by atoms with Crippen LogP contribution >= 0.6 is 31.9 Å². The smallest absolute Gasteiger partial charge is 0.0826 e. The summed E-state index contributed by atoms with van der Waals surface area (Å²) in [7, 11) is 0. The zero-order chi connectivity index (χ0) is 11.6. The van der Waals surface area contributed by atoms with Gasteiger partial charge in [-0.2, -0.15) is 0 Å². The van der Waals surface area contributed by atoms with Crippen LogP contribution in [-0.4, -0.2) is 5.11 Å². The molecule has 0 saturated carbocycles. The van der Waals surface area contributed by atoms with Gasteiger partial charge in [0.2, 0.25) is 0 Å². The molecule has 2 atom stereocenters. The van der Waals surface area contributed by atoms with Gasteiger partial charge in [-0.05, 0) is 36.1 Å². The molecule has 3 heteroatoms. The standard InChI is InChI=1S/C12H16Br2O/c1-4-7(2)12(15)9-6-10(13)8(3)5-11(9)14/h5-7,12,15H,4H2,1-3H3. The highest BCUT2D eigenvalue weighted by Crippen LogP contribution is 2.33. The van der Waals surface area contributed by atoms with Crippen molar-refractivity contribution >= 4 is 31.9 Å². The molecule has 0 aromatic heterocycles. The molecule has 1 nitrogen and oxygen atoms in total. The van der Waals surface area contributed by atoms with Gasteiger partial charge in [-0.3, -0.25) is 0 Å². The van der Waals surface area contributed by atoms with Gasteiger partial charge in [0.05, 0.1) is 6.10 Å². The molecular formula is C12H16Br2O. The lowest BCUT2D eigenvalue weighted by Gasteiger charge is -2.19. The molecule has 1 N–H and O–H groups in total. The summed E-state index contributed by atoms with van der Waals surface area (Å²) in [5, 5.41) is 10.1. The fraction of sp³-hybridized carbons (Fsp3) is 0.500. The molecule has 0 aliphatic carbocycles. The van der Waals surface area contributed by atoms with Crippen LogP contribution in [-0.2, 0) is 0 Å². The minimum absolute atomic E-state index is 0.274. The summed E-state index contributed by atoms with van der Waals surface area (Å²) >= 11 is 6.99. The second-order valence-corrected chi connectivity index (χ2v) is 5.66. The van der Waals surface area contributed by atoms with Gasteiger partial charge in [0.1, 0.15) is 0 Å². The van der Waals surface area contributed by atoms with Gasteiger partial charge >= 0.3 is 0 Å². The van der Waals surface area contributed by atoms with Gasteiger partial charge < -0.3 is 5.11 Å². The Hall–Kier alpha value is 0.140. The van der Waals surface area contributed by atoms with Crippen LogP contribution < -0.4 is 0 Å². The summed E-state index contributed by atoms with van der Waals surface area (Å²) in [4.78, 5) is 0. The molecule has 0 amide bonds. The highest BCUT2D eigenvalue weighted by Gasteiger charge is 2.18. The number of benzene rings is 1. The van der Waals surface area contributed by atoms with Gasteiger partial charge in [-0.15, -0.1) is 0 Å². The molecule has 0 aliphatic rings. The second-order valence-electron chi connectivity index (χ2n) is 3.95. The highest BCUT2D eigenvalue weighted by atomic mass is 79.9. The van der Waals surface area contributed by atoms with Crippen molar-refractivity contribution in [2.45, 2.75) is 33.3 Å². The first-order valence-electron chi connectivity index (χ1n) is 5.11. The number of hydrogen-bond acceptors (Lipinski definition) is 1. The molecular weight excluding hydrogens is 320 g/mol. The van der Waals surface area contributed by atoms with Crippen molar-refractivity contribution in [3.05, 3.63) is 32.2 Å². The van der Waals surface area contributed by atoms with Crippen molar-refractivity contribution in [3.63, 3.8) is 0 Å². The topological polar surface area (TPSA) is 20.2 Å². The molecule has 1 aromatic carbocycles. The summed E-state index contributed by atoms with van der Waals surface area (Å²) in [6.07, 6.45) is 0.570. The first kappa shape index (κ1) is 13.2. The lowest BCUT2D eigenvalue weighted by molar-refractivity contribution is 0.115. The maximum atomic E-state index is 10.1. The van der Waals surface area contributed by atoms with Gasteiger partial charge in [0, 0.05) is 8.95 Å². The number of aliphatic hydroxyl groups is 1. The minimum atomic E-state index is -0.402. The number of aryl methyl sites for hydroxylation is 1. The summed E-state index contributed by atoms with van der Waals surface area (Å²) in [5.74, 6) is 0.274. The van der Waals surface area contributed by atoms with E-state index in [1.54, 1.807) is 0 Å². The van der Waals surface area contributed by atoms with Crippen LogP contribution in [0, 0.1) is 12.8 Å². The molecule has 0 bridgehead atoms. The van der Waals surface area contributed by atoms with E-state index >= 15 is 0 Å². The van der Waals surface area contributed by atoms with Crippen LogP contribution in [0.25, 0.3) is 0 Å². The van der Waals surface area contributed by atoms with Gasteiger partial charge in [0.15, 0.2) is 0 Å². The van der Waals surface area contributed by atoms with Crippen LogP contribution in [0.1, 0.15) is 37.5 Å². The van der Waals surface area contributed by atoms with E-state index in [1.165, 1.54) is 5.56 Å². The third-order valence-corrected chi connectivity index (χ3v) is 4.32. The van der Waals surface area contributed by atoms with Crippen LogP contribution in [0.3, 0.4) is 0 Å². The van der Waals surface area contributed by atoms with Crippen molar-refractivity contribution < 1.29 is 5.11 Å². The Morgan fingerprint density at radius 2 is 1.87 bits per heavy atom. The number of aliphatic hydroxyl groups excluding tert-OH is 1. The fourth-order valence-corrected chi connectivity index (χ4v) is 2.47. The zero-order valence-electron chi connectivity index (χ0n) is 9.22. The van der Waals surface area contributed by atoms with E-state index in [0.717, 1.165) is 20.9 Å². The first-order valence-corrected chi connectivity index (χ1v) is 6.69. The Balaban J connectivity index is 3.09. The number of halogens is 2. The van der Waals surface area contributed by atoms with Crippen molar-refractivity contribution in [1.82, 2.24) is 0 Å². The lowest BCUT2D eigenvalue weighted by atomic mass is 9.95. The molecule has 2 unspecified atom stereocenters. The highest BCUT2D eigenvalue weighted by molar-refractivity contribution is 9.11. The van der Waals surface area contributed by atoms with Crippen LogP contribution in [0.5, 0.6) is 0 Å². The third kappa shape index (κ3) is 3.05. The molecule has 0 spiro atoms. The zero-order valence-corrected chi connectivity index (χ0v) is 12.4. The van der Waals surface area contributed by atoms with E-state index in [2.05, 4.69) is 45.7 Å². The SMILES string of the molecule is CCC(C)C(O)c1cc(Br)c(C)cc1Br. The van der Waals surface area contributed by atoms with E-state index < -0.39 is 6.10 Å². The number of hydrogen-bond donors (Lipinski definition) is 1. The lowest BCUT2D eigenvalue weighted by Crippen LogP contribution is -2.09. The molecule has 0 saturated heterocycles. The van der Waals surface area contributed by atoms with Crippen molar-refractivity contribution in [1.29, 1.82) is 0 Å². The van der Waals surface area contributed by atoms with E-state index in [9.17, 15) is 5.11 Å².